The van der Waals surface area contributed by atoms with Crippen molar-refractivity contribution in [2.45, 2.75) is 38.2 Å². The van der Waals surface area contributed by atoms with Gasteiger partial charge in [-0.15, -0.1) is 0 Å². The lowest BCUT2D eigenvalue weighted by Crippen LogP contribution is -2.52. The Kier molecular flexibility index (Phi) is 6.57. The average molecular weight is 480 g/mol. The van der Waals surface area contributed by atoms with Gasteiger partial charge in [0.05, 0.1) is 25.5 Å². The summed E-state index contributed by atoms with van der Waals surface area (Å²) in [5.41, 5.74) is -0.261. The van der Waals surface area contributed by atoms with E-state index in [-0.39, 0.29) is 37.2 Å². The fourth-order valence-electron chi connectivity index (χ4n) is 3.78. The number of anilines is 1. The second-order valence-corrected chi connectivity index (χ2v) is 10.7. The molecule has 3 fully saturated rings. The molecule has 0 aromatic carbocycles. The van der Waals surface area contributed by atoms with E-state index in [1.54, 1.807) is 4.90 Å². The topological polar surface area (TPSA) is 122 Å². The van der Waals surface area contributed by atoms with Crippen LogP contribution in [0.1, 0.15) is 32.6 Å². The van der Waals surface area contributed by atoms with Gasteiger partial charge in [-0.1, -0.05) is 6.58 Å². The van der Waals surface area contributed by atoms with Crippen LogP contribution >= 0.6 is 0 Å². The number of piperazine rings is 1. The monoisotopic (exact) mass is 479 g/mol. The summed E-state index contributed by atoms with van der Waals surface area (Å²) in [6.07, 6.45) is 6.19. The van der Waals surface area contributed by atoms with Crippen molar-refractivity contribution in [2.24, 2.45) is 5.92 Å². The van der Waals surface area contributed by atoms with Gasteiger partial charge in [-0.2, -0.15) is 4.31 Å². The molecule has 180 valence electrons. The van der Waals surface area contributed by atoms with Crippen molar-refractivity contribution in [3.8, 4) is 5.88 Å². The summed E-state index contributed by atoms with van der Waals surface area (Å²) in [6, 6.07) is 0. The highest BCUT2D eigenvalue weighted by Gasteiger charge is 2.43. The van der Waals surface area contributed by atoms with Crippen LogP contribution in [0.25, 0.3) is 0 Å². The molecule has 0 bridgehead atoms. The Labute approximate surface area is 193 Å². The zero-order valence-electron chi connectivity index (χ0n) is 18.7. The molecule has 11 nitrogen and oxygen atoms in total. The molecule has 33 heavy (non-hydrogen) atoms. The molecule has 0 spiro atoms. The Morgan fingerprint density at radius 3 is 2.52 bits per heavy atom. The van der Waals surface area contributed by atoms with E-state index in [2.05, 4.69) is 16.5 Å². The van der Waals surface area contributed by atoms with Gasteiger partial charge in [0, 0.05) is 31.6 Å². The van der Waals surface area contributed by atoms with Gasteiger partial charge >= 0.3 is 6.09 Å². The molecule has 0 radical (unpaired) electrons. The van der Waals surface area contributed by atoms with Crippen LogP contribution in [0.15, 0.2) is 24.4 Å². The minimum Gasteiger partial charge on any atom is -0.476 e. The minimum atomic E-state index is -3.63. The van der Waals surface area contributed by atoms with Crippen molar-refractivity contribution < 1.29 is 27.5 Å². The van der Waals surface area contributed by atoms with E-state index in [1.807, 2.05) is 6.92 Å². The number of rotatable bonds is 7. The Morgan fingerprint density at radius 1 is 1.21 bits per heavy atom. The normalized spacial score (nSPS) is 21.5. The van der Waals surface area contributed by atoms with E-state index in [4.69, 9.17) is 9.47 Å². The van der Waals surface area contributed by atoms with Crippen LogP contribution in [0.4, 0.5) is 10.6 Å². The molecule has 12 heteroatoms. The molecule has 0 N–H and O–H groups in total. The molecule has 0 unspecified atom stereocenters. The van der Waals surface area contributed by atoms with E-state index in [0.29, 0.717) is 37.3 Å². The third-order valence-electron chi connectivity index (χ3n) is 6.27. The van der Waals surface area contributed by atoms with Gasteiger partial charge in [-0.3, -0.25) is 9.69 Å². The molecule has 2 saturated heterocycles. The SMILES string of the molecule is C=CS(=O)(=O)N1CCN(c2cnc(OCC3CCN(C(=O)OC4(C)CC4)CC3)cn2)C(=O)C1. The summed E-state index contributed by atoms with van der Waals surface area (Å²) >= 11 is 0. The summed E-state index contributed by atoms with van der Waals surface area (Å²) in [5, 5.41) is 0.839. The van der Waals surface area contributed by atoms with Crippen LogP contribution < -0.4 is 9.64 Å². The van der Waals surface area contributed by atoms with Crippen molar-refractivity contribution in [3.63, 3.8) is 0 Å². The van der Waals surface area contributed by atoms with E-state index < -0.39 is 10.0 Å². The first kappa shape index (κ1) is 23.4. The van der Waals surface area contributed by atoms with Gasteiger partial charge in [0.15, 0.2) is 5.82 Å². The van der Waals surface area contributed by atoms with Crippen molar-refractivity contribution in [3.05, 3.63) is 24.4 Å². The number of amides is 2. The molecular formula is C21H29N5O6S. The van der Waals surface area contributed by atoms with Crippen LogP contribution in [0, 0.1) is 5.92 Å². The van der Waals surface area contributed by atoms with Crippen molar-refractivity contribution in [2.75, 3.05) is 44.2 Å². The highest BCUT2D eigenvalue weighted by molar-refractivity contribution is 7.92. The van der Waals surface area contributed by atoms with Gasteiger partial charge in [0.1, 0.15) is 5.60 Å². The Bertz CT molecular complexity index is 1000. The molecule has 1 aromatic rings. The third-order valence-corrected chi connectivity index (χ3v) is 7.73. The molecular weight excluding hydrogens is 450 g/mol. The average Bonchev–Trinajstić information content (AvgIpc) is 3.54. The summed E-state index contributed by atoms with van der Waals surface area (Å²) in [6.45, 7) is 7.07. The molecule has 3 aliphatic rings. The van der Waals surface area contributed by atoms with E-state index >= 15 is 0 Å². The van der Waals surface area contributed by atoms with Gasteiger partial charge in [-0.05, 0) is 38.5 Å². The first-order chi connectivity index (χ1) is 15.7. The van der Waals surface area contributed by atoms with Crippen LogP contribution in [0.5, 0.6) is 5.88 Å². The largest absolute Gasteiger partial charge is 0.476 e. The Hall–Kier alpha value is -2.73. The second-order valence-electron chi connectivity index (χ2n) is 8.86. The maximum Gasteiger partial charge on any atom is 0.410 e. The summed E-state index contributed by atoms with van der Waals surface area (Å²) in [5.74, 6) is 0.617. The number of nitrogens with zero attached hydrogens (tertiary/aromatic N) is 5. The molecule has 4 rings (SSSR count). The lowest BCUT2D eigenvalue weighted by molar-refractivity contribution is -0.120. The second kappa shape index (κ2) is 9.26. The predicted molar refractivity (Wildman–Crippen MR) is 119 cm³/mol. The quantitative estimate of drug-likeness (QED) is 0.575. The number of carbonyl (C=O) groups is 2. The zero-order valence-corrected chi connectivity index (χ0v) is 19.5. The van der Waals surface area contributed by atoms with Crippen LogP contribution in [0.2, 0.25) is 0 Å². The number of aromatic nitrogens is 2. The van der Waals surface area contributed by atoms with Crippen LogP contribution in [-0.2, 0) is 19.6 Å². The van der Waals surface area contributed by atoms with Crippen LogP contribution in [-0.4, -0.2) is 84.5 Å². The van der Waals surface area contributed by atoms with Crippen LogP contribution in [0.3, 0.4) is 0 Å². The summed E-state index contributed by atoms with van der Waals surface area (Å²) < 4.78 is 36.1. The fraction of sp³-hybridized carbons (Fsp3) is 0.619. The van der Waals surface area contributed by atoms with Crippen molar-refractivity contribution in [1.82, 2.24) is 19.2 Å². The Balaban J connectivity index is 1.22. The standard InChI is InChI=1S/C21H29N5O6S/c1-3-33(29,30)25-10-11-26(19(27)14-25)17-12-23-18(13-22-17)31-15-16-4-8-24(9-5-16)20(28)32-21(2)6-7-21/h3,12-13,16H,1,4-11,14-15H2,2H3. The van der Waals surface area contributed by atoms with Crippen molar-refractivity contribution >= 4 is 27.8 Å². The zero-order chi connectivity index (χ0) is 23.6. The van der Waals surface area contributed by atoms with E-state index in [1.165, 1.54) is 17.3 Å². The lowest BCUT2D eigenvalue weighted by Gasteiger charge is -2.32. The predicted octanol–water partition coefficient (Wildman–Crippen LogP) is 1.38. The molecule has 1 saturated carbocycles. The molecule has 0 atom stereocenters. The van der Waals surface area contributed by atoms with Gasteiger partial charge in [0.2, 0.25) is 21.8 Å². The van der Waals surface area contributed by atoms with E-state index in [0.717, 1.165) is 35.4 Å². The first-order valence-corrected chi connectivity index (χ1v) is 12.6. The number of sulfonamides is 1. The lowest BCUT2D eigenvalue weighted by atomic mass is 9.98. The molecule has 2 aliphatic heterocycles. The highest BCUT2D eigenvalue weighted by atomic mass is 32.2. The van der Waals surface area contributed by atoms with Crippen molar-refractivity contribution in [1.29, 1.82) is 0 Å². The molecule has 1 aliphatic carbocycles. The van der Waals surface area contributed by atoms with Gasteiger partial charge in [-0.25, -0.2) is 23.2 Å². The van der Waals surface area contributed by atoms with Gasteiger partial charge < -0.3 is 14.4 Å². The van der Waals surface area contributed by atoms with E-state index in [9.17, 15) is 18.0 Å². The highest BCUT2D eigenvalue weighted by Crippen LogP contribution is 2.39. The summed E-state index contributed by atoms with van der Waals surface area (Å²) in [7, 11) is -3.63. The fourth-order valence-corrected chi connectivity index (χ4v) is 4.62. The number of hydrogen-bond donors (Lipinski definition) is 0. The smallest absolute Gasteiger partial charge is 0.410 e. The number of likely N-dealkylation sites (tertiary alicyclic amines) is 1. The number of carbonyl (C=O) groups excluding carboxylic acids is 2. The Morgan fingerprint density at radius 2 is 1.94 bits per heavy atom. The number of piperidine rings is 1. The minimum absolute atomic E-state index is 0.158. The number of ether oxygens (including phenoxy) is 2. The molecule has 3 heterocycles. The first-order valence-electron chi connectivity index (χ1n) is 11.0. The van der Waals surface area contributed by atoms with Gasteiger partial charge in [0.25, 0.3) is 0 Å². The summed E-state index contributed by atoms with van der Waals surface area (Å²) in [4.78, 5) is 36.2. The molecule has 2 amide bonds. The third kappa shape index (κ3) is 5.61. The maximum absolute atomic E-state index is 12.4. The number of hydrogen-bond acceptors (Lipinski definition) is 8. The maximum atomic E-state index is 12.4. The molecule has 1 aromatic heterocycles.